The Morgan fingerprint density at radius 3 is 2.12 bits per heavy atom. The van der Waals surface area contributed by atoms with Crippen molar-refractivity contribution < 1.29 is 9.32 Å². The molecule has 0 unspecified atom stereocenters. The van der Waals surface area contributed by atoms with Crippen LogP contribution in [-0.2, 0) is 0 Å². The van der Waals surface area contributed by atoms with E-state index in [4.69, 9.17) is 4.52 Å². The molecule has 0 atom stereocenters. The van der Waals surface area contributed by atoms with Crippen molar-refractivity contribution in [3.8, 4) is 11.3 Å². The Morgan fingerprint density at radius 1 is 0.844 bits per heavy atom. The predicted octanol–water partition coefficient (Wildman–Crippen LogP) is 1.85. The minimum atomic E-state index is -0.101. The van der Waals surface area contributed by atoms with Crippen LogP contribution < -0.4 is 9.80 Å². The number of anilines is 2. The molecule has 9 heteroatoms. The average molecular weight is 434 g/mol. The molecule has 9 nitrogen and oxygen atoms in total. The van der Waals surface area contributed by atoms with Gasteiger partial charge < -0.3 is 24.1 Å². The van der Waals surface area contributed by atoms with Gasteiger partial charge in [0, 0.05) is 70.1 Å². The van der Waals surface area contributed by atoms with Crippen molar-refractivity contribution in [3.63, 3.8) is 0 Å². The molecule has 4 heterocycles. The van der Waals surface area contributed by atoms with E-state index in [2.05, 4.69) is 42.9 Å². The Kier molecular flexibility index (Phi) is 5.72. The zero-order valence-corrected chi connectivity index (χ0v) is 18.2. The van der Waals surface area contributed by atoms with Crippen molar-refractivity contribution in [2.45, 2.75) is 0 Å². The van der Waals surface area contributed by atoms with Crippen LogP contribution in [0.1, 0.15) is 10.5 Å². The molecule has 0 bridgehead atoms. The first kappa shape index (κ1) is 20.4. The molecule has 3 aromatic rings. The minimum Gasteiger partial charge on any atom is -0.355 e. The van der Waals surface area contributed by atoms with Gasteiger partial charge in [-0.2, -0.15) is 0 Å². The van der Waals surface area contributed by atoms with Gasteiger partial charge in [-0.3, -0.25) is 4.79 Å². The highest BCUT2D eigenvalue weighted by Gasteiger charge is 2.26. The maximum absolute atomic E-state index is 12.9. The summed E-state index contributed by atoms with van der Waals surface area (Å²) in [5.41, 5.74) is 1.25. The van der Waals surface area contributed by atoms with Crippen LogP contribution in [-0.4, -0.2) is 90.2 Å². The first-order chi connectivity index (χ1) is 15.7. The summed E-state index contributed by atoms with van der Waals surface area (Å²) in [6.07, 6.45) is 1.64. The van der Waals surface area contributed by atoms with Crippen LogP contribution in [0.2, 0.25) is 0 Å². The van der Waals surface area contributed by atoms with Crippen LogP contribution in [0.15, 0.2) is 53.3 Å². The second-order valence-electron chi connectivity index (χ2n) is 8.25. The molecule has 5 rings (SSSR count). The predicted molar refractivity (Wildman–Crippen MR) is 122 cm³/mol. The van der Waals surface area contributed by atoms with Gasteiger partial charge in [0.25, 0.3) is 5.91 Å². The van der Waals surface area contributed by atoms with Gasteiger partial charge in [-0.25, -0.2) is 9.97 Å². The van der Waals surface area contributed by atoms with Gasteiger partial charge in [-0.1, -0.05) is 35.5 Å². The summed E-state index contributed by atoms with van der Waals surface area (Å²) < 4.78 is 5.40. The lowest BCUT2D eigenvalue weighted by molar-refractivity contribution is 0.0736. The Labute approximate surface area is 187 Å². The molecular formula is C23H27N7O2. The highest BCUT2D eigenvalue weighted by atomic mass is 16.5. The van der Waals surface area contributed by atoms with E-state index >= 15 is 0 Å². The second-order valence-corrected chi connectivity index (χ2v) is 8.25. The van der Waals surface area contributed by atoms with E-state index < -0.39 is 0 Å². The SMILES string of the molecule is CN1CCN(c2cc(N3CCN(C(=O)c4cc(-c5ccccc5)on4)CC3)ncn2)CC1. The van der Waals surface area contributed by atoms with Gasteiger partial charge in [0.15, 0.2) is 11.5 Å². The molecule has 2 aliphatic heterocycles. The van der Waals surface area contributed by atoms with Crippen molar-refractivity contribution >= 4 is 17.5 Å². The van der Waals surface area contributed by atoms with Crippen LogP contribution >= 0.6 is 0 Å². The Morgan fingerprint density at radius 2 is 1.47 bits per heavy atom. The Hall–Kier alpha value is -3.46. The van der Waals surface area contributed by atoms with Crippen LogP contribution in [0.4, 0.5) is 11.6 Å². The average Bonchev–Trinajstić information content (AvgIpc) is 3.35. The Balaban J connectivity index is 1.21. The number of benzene rings is 1. The fourth-order valence-electron chi connectivity index (χ4n) is 4.13. The van der Waals surface area contributed by atoms with Gasteiger partial charge >= 0.3 is 0 Å². The highest BCUT2D eigenvalue weighted by Crippen LogP contribution is 2.22. The molecule has 0 aliphatic carbocycles. The zero-order valence-electron chi connectivity index (χ0n) is 18.2. The third kappa shape index (κ3) is 4.29. The lowest BCUT2D eigenvalue weighted by atomic mass is 10.1. The minimum absolute atomic E-state index is 0.101. The topological polar surface area (TPSA) is 81.8 Å². The number of piperazine rings is 2. The Bertz CT molecular complexity index is 1050. The van der Waals surface area contributed by atoms with Crippen molar-refractivity contribution in [1.29, 1.82) is 0 Å². The van der Waals surface area contributed by atoms with E-state index in [-0.39, 0.29) is 5.91 Å². The van der Waals surface area contributed by atoms with Crippen molar-refractivity contribution in [2.24, 2.45) is 0 Å². The smallest absolute Gasteiger partial charge is 0.276 e. The molecule has 32 heavy (non-hydrogen) atoms. The number of amides is 1. The molecule has 0 spiro atoms. The second kappa shape index (κ2) is 8.96. The number of nitrogens with zero attached hydrogens (tertiary/aromatic N) is 7. The van der Waals surface area contributed by atoms with Crippen molar-refractivity contribution in [2.75, 3.05) is 69.2 Å². The monoisotopic (exact) mass is 433 g/mol. The molecule has 1 aromatic carbocycles. The summed E-state index contributed by atoms with van der Waals surface area (Å²) in [7, 11) is 2.14. The lowest BCUT2D eigenvalue weighted by Gasteiger charge is -2.36. The van der Waals surface area contributed by atoms with Crippen LogP contribution in [0.5, 0.6) is 0 Å². The third-order valence-corrected chi connectivity index (χ3v) is 6.14. The molecule has 2 fully saturated rings. The van der Waals surface area contributed by atoms with Gasteiger partial charge in [-0.15, -0.1) is 0 Å². The number of likely N-dealkylation sites (N-methyl/N-ethyl adjacent to an activating group) is 1. The lowest BCUT2D eigenvalue weighted by Crippen LogP contribution is -2.49. The van der Waals surface area contributed by atoms with Gasteiger partial charge in [0.1, 0.15) is 18.0 Å². The maximum Gasteiger partial charge on any atom is 0.276 e. The fraction of sp³-hybridized carbons (Fsp3) is 0.391. The highest BCUT2D eigenvalue weighted by molar-refractivity contribution is 5.93. The molecule has 2 saturated heterocycles. The van der Waals surface area contributed by atoms with Gasteiger partial charge in [0.2, 0.25) is 0 Å². The maximum atomic E-state index is 12.9. The summed E-state index contributed by atoms with van der Waals surface area (Å²) >= 11 is 0. The zero-order chi connectivity index (χ0) is 21.9. The van der Waals surface area contributed by atoms with E-state index in [0.29, 0.717) is 37.6 Å². The molecule has 0 N–H and O–H groups in total. The van der Waals surface area contributed by atoms with Crippen LogP contribution in [0, 0.1) is 0 Å². The molecule has 2 aromatic heterocycles. The van der Waals surface area contributed by atoms with Crippen LogP contribution in [0.3, 0.4) is 0 Å². The molecule has 1 amide bonds. The summed E-state index contributed by atoms with van der Waals surface area (Å²) in [6.45, 7) is 6.67. The van der Waals surface area contributed by atoms with Crippen molar-refractivity contribution in [3.05, 3.63) is 54.5 Å². The van der Waals surface area contributed by atoms with E-state index in [1.807, 2.05) is 35.2 Å². The van der Waals surface area contributed by atoms with Gasteiger partial charge in [-0.05, 0) is 7.05 Å². The van der Waals surface area contributed by atoms with E-state index in [1.165, 1.54) is 0 Å². The van der Waals surface area contributed by atoms with Gasteiger partial charge in [0.05, 0.1) is 0 Å². The quantitative estimate of drug-likeness (QED) is 0.617. The van der Waals surface area contributed by atoms with E-state index in [9.17, 15) is 4.79 Å². The van der Waals surface area contributed by atoms with Crippen molar-refractivity contribution in [1.82, 2.24) is 24.9 Å². The summed E-state index contributed by atoms with van der Waals surface area (Å²) in [6, 6.07) is 13.5. The summed E-state index contributed by atoms with van der Waals surface area (Å²) in [5.74, 6) is 2.38. The molecule has 0 radical (unpaired) electrons. The summed E-state index contributed by atoms with van der Waals surface area (Å²) in [5, 5.41) is 4.00. The number of rotatable bonds is 4. The van der Waals surface area contributed by atoms with E-state index in [0.717, 1.165) is 43.4 Å². The third-order valence-electron chi connectivity index (χ3n) is 6.14. The number of hydrogen-bond acceptors (Lipinski definition) is 8. The first-order valence-corrected chi connectivity index (χ1v) is 11.0. The number of carbonyl (C=O) groups is 1. The fourth-order valence-corrected chi connectivity index (χ4v) is 4.13. The van der Waals surface area contributed by atoms with Crippen LogP contribution in [0.25, 0.3) is 11.3 Å². The summed E-state index contributed by atoms with van der Waals surface area (Å²) in [4.78, 5) is 30.6. The largest absolute Gasteiger partial charge is 0.355 e. The standard InChI is InChI=1S/C23H27N7O2/c1-27-7-9-28(10-8-27)21-16-22(25-17-24-21)29-11-13-30(14-12-29)23(31)19-15-20(32-26-19)18-5-3-2-4-6-18/h2-6,15-17H,7-14H2,1H3. The number of carbonyl (C=O) groups excluding carboxylic acids is 1. The molecule has 0 saturated carbocycles. The molecular weight excluding hydrogens is 406 g/mol. The normalized spacial score (nSPS) is 17.6. The first-order valence-electron chi connectivity index (χ1n) is 11.0. The number of hydrogen-bond donors (Lipinski definition) is 0. The number of aromatic nitrogens is 3. The van der Waals surface area contributed by atoms with E-state index in [1.54, 1.807) is 12.4 Å². The molecule has 2 aliphatic rings. The molecule has 166 valence electrons.